The van der Waals surface area contributed by atoms with Gasteiger partial charge in [0.15, 0.2) is 0 Å². The predicted octanol–water partition coefficient (Wildman–Crippen LogP) is 5.52. The summed E-state index contributed by atoms with van der Waals surface area (Å²) in [5, 5.41) is 26.4. The summed E-state index contributed by atoms with van der Waals surface area (Å²) in [7, 11) is 7.61. The Kier molecular flexibility index (Phi) is 11.9. The number of hydroxylamine groups is 2. The molecule has 2 amide bonds. The first-order valence-corrected chi connectivity index (χ1v) is 20.5. The van der Waals surface area contributed by atoms with Gasteiger partial charge in [0, 0.05) is 73.8 Å². The van der Waals surface area contributed by atoms with Gasteiger partial charge in [0.2, 0.25) is 5.91 Å². The SMILES string of the molecule is COc1c(CN2O[C@@H](CO)[C@@H]([C@H](C)O)[C@H]2C(=O)N[C@H]2C[C@H]3C[C@@H]([C@@H]2C)C3(C)C)cccc1-c1cc(C(=O)N2CCN(C)C/C2=C\c2ccccc2)cc(N(C)C)c1. The van der Waals surface area contributed by atoms with Crippen molar-refractivity contribution in [3.63, 3.8) is 0 Å². The van der Waals surface area contributed by atoms with Crippen LogP contribution in [0.5, 0.6) is 5.75 Å². The highest BCUT2D eigenvalue weighted by Crippen LogP contribution is 2.61. The molecule has 11 heteroatoms. The van der Waals surface area contributed by atoms with E-state index in [1.807, 2.05) is 90.6 Å². The molecule has 11 nitrogen and oxygen atoms in total. The van der Waals surface area contributed by atoms with Crippen LogP contribution in [0.1, 0.15) is 62.0 Å². The van der Waals surface area contributed by atoms with E-state index in [-0.39, 0.29) is 36.4 Å². The van der Waals surface area contributed by atoms with Gasteiger partial charge in [0.05, 0.1) is 26.4 Å². The number of nitrogens with one attached hydrogen (secondary N) is 1. The highest BCUT2D eigenvalue weighted by molar-refractivity contribution is 5.98. The Hall–Kier alpha value is -4.26. The Labute approximate surface area is 338 Å². The zero-order valence-corrected chi connectivity index (χ0v) is 34.8. The predicted molar refractivity (Wildman–Crippen MR) is 223 cm³/mol. The third-order valence-corrected chi connectivity index (χ3v) is 13.5. The molecule has 3 aromatic carbocycles. The van der Waals surface area contributed by atoms with Crippen molar-refractivity contribution in [2.24, 2.45) is 29.1 Å². The van der Waals surface area contributed by atoms with Gasteiger partial charge in [0.25, 0.3) is 5.91 Å². The molecule has 0 spiro atoms. The molecule has 5 aliphatic rings. The first kappa shape index (κ1) is 40.9. The van der Waals surface area contributed by atoms with Crippen LogP contribution in [0.4, 0.5) is 5.69 Å². The minimum absolute atomic E-state index is 0.0356. The number of para-hydroxylation sites is 1. The molecule has 8 rings (SSSR count). The Morgan fingerprint density at radius 1 is 1.07 bits per heavy atom. The molecule has 5 fully saturated rings. The second-order valence-electron chi connectivity index (χ2n) is 17.6. The van der Waals surface area contributed by atoms with E-state index in [2.05, 4.69) is 44.1 Å². The van der Waals surface area contributed by atoms with E-state index in [1.165, 1.54) is 6.42 Å². The molecule has 3 saturated carbocycles. The van der Waals surface area contributed by atoms with Gasteiger partial charge in [-0.2, -0.15) is 5.06 Å². The zero-order chi connectivity index (χ0) is 40.8. The van der Waals surface area contributed by atoms with Gasteiger partial charge < -0.3 is 30.1 Å². The molecule has 0 unspecified atom stereocenters. The quantitative estimate of drug-likeness (QED) is 0.232. The smallest absolute Gasteiger partial charge is 0.258 e. The van der Waals surface area contributed by atoms with E-state index >= 15 is 0 Å². The number of fused-ring (bicyclic) bond motifs is 2. The fourth-order valence-corrected chi connectivity index (χ4v) is 10.1. The summed E-state index contributed by atoms with van der Waals surface area (Å²) < 4.78 is 6.14. The molecular weight excluding hydrogens is 719 g/mol. The van der Waals surface area contributed by atoms with Gasteiger partial charge in [-0.1, -0.05) is 69.3 Å². The molecule has 2 bridgehead atoms. The maximum absolute atomic E-state index is 14.5. The maximum Gasteiger partial charge on any atom is 0.258 e. The topological polar surface area (TPSA) is 118 Å². The number of aliphatic hydroxyl groups excluding tert-OH is 2. The molecule has 2 saturated heterocycles. The summed E-state index contributed by atoms with van der Waals surface area (Å²) in [6, 6.07) is 21.1. The number of likely N-dealkylation sites (N-methyl/N-ethyl adjacent to an activating group) is 1. The van der Waals surface area contributed by atoms with Crippen LogP contribution in [-0.4, -0.2) is 116 Å². The van der Waals surface area contributed by atoms with Crippen molar-refractivity contribution in [1.82, 2.24) is 20.2 Å². The molecule has 3 N–H and O–H groups in total. The van der Waals surface area contributed by atoms with Crippen LogP contribution in [0.25, 0.3) is 17.2 Å². The monoisotopic (exact) mass is 779 g/mol. The lowest BCUT2D eigenvalue weighted by molar-refractivity contribution is -0.183. The van der Waals surface area contributed by atoms with Gasteiger partial charge in [-0.15, -0.1) is 0 Å². The highest BCUT2D eigenvalue weighted by atomic mass is 16.7. The highest BCUT2D eigenvalue weighted by Gasteiger charge is 2.57. The number of nitrogens with zero attached hydrogens (tertiary/aromatic N) is 4. The van der Waals surface area contributed by atoms with Crippen molar-refractivity contribution in [2.45, 2.75) is 71.4 Å². The van der Waals surface area contributed by atoms with Gasteiger partial charge >= 0.3 is 0 Å². The van der Waals surface area contributed by atoms with Crippen molar-refractivity contribution >= 4 is 23.6 Å². The molecule has 306 valence electrons. The van der Waals surface area contributed by atoms with E-state index in [0.717, 1.165) is 46.6 Å². The van der Waals surface area contributed by atoms with Crippen molar-refractivity contribution in [1.29, 1.82) is 0 Å². The lowest BCUT2D eigenvalue weighted by atomic mass is 9.45. The molecule has 8 atom stereocenters. The molecular formula is C46H61N5O6. The average molecular weight is 780 g/mol. The Morgan fingerprint density at radius 3 is 2.47 bits per heavy atom. The fourth-order valence-electron chi connectivity index (χ4n) is 10.1. The molecule has 3 aromatic rings. The van der Waals surface area contributed by atoms with Gasteiger partial charge in [-0.25, -0.2) is 0 Å². The van der Waals surface area contributed by atoms with Crippen LogP contribution in [0.2, 0.25) is 0 Å². The van der Waals surface area contributed by atoms with E-state index < -0.39 is 24.2 Å². The minimum Gasteiger partial charge on any atom is -0.496 e. The lowest BCUT2D eigenvalue weighted by Crippen LogP contribution is -2.62. The third-order valence-electron chi connectivity index (χ3n) is 13.5. The number of piperazine rings is 1. The summed E-state index contributed by atoms with van der Waals surface area (Å²) in [4.78, 5) is 41.2. The second-order valence-corrected chi connectivity index (χ2v) is 17.6. The number of methoxy groups -OCH3 is 1. The Morgan fingerprint density at radius 2 is 1.82 bits per heavy atom. The maximum atomic E-state index is 14.5. The zero-order valence-electron chi connectivity index (χ0n) is 34.8. The fraction of sp³-hybridized carbons (Fsp3) is 0.522. The van der Waals surface area contributed by atoms with Crippen molar-refractivity contribution < 1.29 is 29.4 Å². The Bertz CT molecular complexity index is 1970. The van der Waals surface area contributed by atoms with Gasteiger partial charge in [-0.3, -0.25) is 19.3 Å². The number of hydrogen-bond acceptors (Lipinski definition) is 9. The number of amides is 2. The van der Waals surface area contributed by atoms with Crippen LogP contribution in [-0.2, 0) is 16.2 Å². The van der Waals surface area contributed by atoms with Crippen LogP contribution in [0, 0.1) is 29.1 Å². The summed E-state index contributed by atoms with van der Waals surface area (Å²) in [6.07, 6.45) is 2.56. The van der Waals surface area contributed by atoms with Crippen molar-refractivity contribution in [3.05, 3.63) is 89.1 Å². The number of hydrogen-bond donors (Lipinski definition) is 3. The largest absolute Gasteiger partial charge is 0.496 e. The number of anilines is 1. The van der Waals surface area contributed by atoms with Gasteiger partial charge in [0.1, 0.15) is 17.9 Å². The molecule has 0 aromatic heterocycles. The number of carbonyl (C=O) groups excluding carboxylic acids is 2. The number of aliphatic hydroxyl groups is 2. The first-order chi connectivity index (χ1) is 27.2. The Balaban J connectivity index is 1.19. The van der Waals surface area contributed by atoms with E-state index in [1.54, 1.807) is 19.1 Å². The summed E-state index contributed by atoms with van der Waals surface area (Å²) in [6.45, 7) is 10.4. The number of rotatable bonds is 11. The summed E-state index contributed by atoms with van der Waals surface area (Å²) in [5.41, 5.74) is 6.06. The van der Waals surface area contributed by atoms with Crippen LogP contribution in [0.3, 0.4) is 0 Å². The molecule has 57 heavy (non-hydrogen) atoms. The van der Waals surface area contributed by atoms with Crippen LogP contribution in [0.15, 0.2) is 72.4 Å². The summed E-state index contributed by atoms with van der Waals surface area (Å²) in [5.74, 6) is 1.13. The van der Waals surface area contributed by atoms with Crippen molar-refractivity contribution in [2.75, 3.05) is 59.4 Å². The average Bonchev–Trinajstić information content (AvgIpc) is 3.57. The standard InChI is InChI=1S/C46H61N5O6/c1-28-38-23-34(46(38,3)4)24-39(28)47-44(54)42-41(29(2)53)40(27-52)57-51(42)25-31-15-12-16-37(43(31)56-8)32-20-33(22-35(21-32)48(5)6)45(55)50-18-17-49(7)26-36(50)19-30-13-10-9-11-14-30/h9-16,19-22,28-29,34,38-42,52-53H,17-18,23-27H2,1-8H3,(H,47,54)/b36-19+/t28-,29-,34+,38-,39-,40-,41+,42-/m0/s1. The number of carbonyl (C=O) groups is 2. The van der Waals surface area contributed by atoms with Crippen LogP contribution < -0.4 is 15.0 Å². The number of benzene rings is 3. The molecule has 3 aliphatic carbocycles. The first-order valence-electron chi connectivity index (χ1n) is 20.5. The molecule has 2 aliphatic heterocycles. The summed E-state index contributed by atoms with van der Waals surface area (Å²) >= 11 is 0. The molecule has 0 radical (unpaired) electrons. The van der Waals surface area contributed by atoms with E-state index in [0.29, 0.717) is 42.2 Å². The van der Waals surface area contributed by atoms with E-state index in [9.17, 15) is 19.8 Å². The minimum atomic E-state index is -0.902. The lowest BCUT2D eigenvalue weighted by Gasteiger charge is -2.62. The van der Waals surface area contributed by atoms with Gasteiger partial charge in [-0.05, 0) is 85.4 Å². The normalized spacial score (nSPS) is 28.5. The second kappa shape index (κ2) is 16.5. The van der Waals surface area contributed by atoms with E-state index in [4.69, 9.17) is 9.57 Å². The van der Waals surface area contributed by atoms with Crippen molar-refractivity contribution in [3.8, 4) is 16.9 Å². The van der Waals surface area contributed by atoms with Crippen LogP contribution >= 0.6 is 0 Å². The molecule has 2 heterocycles. The third kappa shape index (κ3) is 7.97. The number of ether oxygens (including phenoxy) is 1.